The monoisotopic (exact) mass is 458 g/mol. The fourth-order valence-corrected chi connectivity index (χ4v) is 4.65. The second kappa shape index (κ2) is 7.13. The first-order chi connectivity index (χ1) is 15.2. The first-order valence-electron chi connectivity index (χ1n) is 9.84. The number of nitrogen functional groups attached to an aromatic ring is 1. The molecule has 164 valence electrons. The van der Waals surface area contributed by atoms with Gasteiger partial charge in [-0.25, -0.2) is 9.69 Å². The smallest absolute Gasteiger partial charge is 0.397 e. The maximum atomic E-state index is 13.3. The number of pyridine rings is 1. The minimum Gasteiger partial charge on any atom is -0.397 e. The minimum atomic E-state index is -4.41. The van der Waals surface area contributed by atoms with Gasteiger partial charge in [-0.3, -0.25) is 9.78 Å². The van der Waals surface area contributed by atoms with E-state index in [0.717, 1.165) is 15.8 Å². The standard InChI is InChI=1S/C22H17F3N4O2S/c23-22(24,25)32-14-7-5-13(6-8-14)29-19(30)21(9-10-21)28(20(29)31)12-16-15-3-1-2-4-18(15)27-11-17(16)26/h1-8,11H,9-10,12,26H2. The summed E-state index contributed by atoms with van der Waals surface area (Å²) in [6.45, 7) is 0.137. The van der Waals surface area contributed by atoms with E-state index in [0.29, 0.717) is 24.1 Å². The summed E-state index contributed by atoms with van der Waals surface area (Å²) in [5, 5.41) is 0.801. The zero-order valence-corrected chi connectivity index (χ0v) is 17.4. The summed E-state index contributed by atoms with van der Waals surface area (Å²) in [6, 6.07) is 12.1. The molecule has 10 heteroatoms. The number of nitrogens with two attached hydrogens (primary N) is 1. The molecule has 2 heterocycles. The van der Waals surface area contributed by atoms with E-state index >= 15 is 0 Å². The average molecular weight is 458 g/mol. The molecule has 1 aliphatic carbocycles. The first-order valence-corrected chi connectivity index (χ1v) is 10.7. The lowest BCUT2D eigenvalue weighted by Crippen LogP contribution is -2.36. The van der Waals surface area contributed by atoms with Crippen molar-refractivity contribution in [2.45, 2.75) is 35.3 Å². The summed E-state index contributed by atoms with van der Waals surface area (Å²) >= 11 is -0.248. The highest BCUT2D eigenvalue weighted by Crippen LogP contribution is 2.50. The van der Waals surface area contributed by atoms with Gasteiger partial charge in [0.2, 0.25) is 0 Å². The molecule has 0 atom stereocenters. The Hall–Kier alpha value is -3.27. The number of benzene rings is 2. The SMILES string of the molecule is Nc1cnc2ccccc2c1CN1C(=O)N(c2ccc(SC(F)(F)F)cc2)C(=O)C12CC2. The maximum absolute atomic E-state index is 13.3. The molecule has 5 rings (SSSR count). The number of anilines is 2. The number of carbonyl (C=O) groups is 2. The molecule has 6 nitrogen and oxygen atoms in total. The summed E-state index contributed by atoms with van der Waals surface area (Å²) in [5.74, 6) is -0.365. The number of amides is 3. The number of carbonyl (C=O) groups excluding carboxylic acids is 2. The van der Waals surface area contributed by atoms with E-state index < -0.39 is 17.1 Å². The van der Waals surface area contributed by atoms with Gasteiger partial charge in [-0.2, -0.15) is 13.2 Å². The summed E-state index contributed by atoms with van der Waals surface area (Å²) in [6.07, 6.45) is 2.59. The van der Waals surface area contributed by atoms with Crippen LogP contribution in [0.15, 0.2) is 59.6 Å². The van der Waals surface area contributed by atoms with Crippen LogP contribution in [0.1, 0.15) is 18.4 Å². The Bertz CT molecular complexity index is 1240. The Morgan fingerprint density at radius 2 is 1.75 bits per heavy atom. The van der Waals surface area contributed by atoms with Crippen molar-refractivity contribution in [2.75, 3.05) is 10.6 Å². The number of imide groups is 1. The van der Waals surface area contributed by atoms with Crippen LogP contribution >= 0.6 is 11.8 Å². The van der Waals surface area contributed by atoms with Crippen LogP contribution in [0.25, 0.3) is 10.9 Å². The summed E-state index contributed by atoms with van der Waals surface area (Å²) in [5.41, 5.74) is 2.93. The third-order valence-electron chi connectivity index (χ3n) is 5.83. The number of fused-ring (bicyclic) bond motifs is 1. The van der Waals surface area contributed by atoms with Gasteiger partial charge >= 0.3 is 11.5 Å². The number of para-hydroxylation sites is 1. The lowest BCUT2D eigenvalue weighted by Gasteiger charge is -2.23. The lowest BCUT2D eigenvalue weighted by molar-refractivity contribution is -0.120. The number of hydrogen-bond acceptors (Lipinski definition) is 5. The van der Waals surface area contributed by atoms with Gasteiger partial charge in [-0.05, 0) is 54.9 Å². The predicted molar refractivity (Wildman–Crippen MR) is 115 cm³/mol. The third-order valence-corrected chi connectivity index (χ3v) is 6.57. The normalized spacial score (nSPS) is 17.6. The van der Waals surface area contributed by atoms with E-state index in [-0.39, 0.29) is 34.8 Å². The van der Waals surface area contributed by atoms with Crippen LogP contribution in [0.4, 0.5) is 29.3 Å². The van der Waals surface area contributed by atoms with E-state index in [9.17, 15) is 22.8 Å². The molecule has 1 aliphatic heterocycles. The van der Waals surface area contributed by atoms with Gasteiger partial charge in [-0.15, -0.1) is 0 Å². The van der Waals surface area contributed by atoms with Gasteiger partial charge in [0.25, 0.3) is 5.91 Å². The van der Waals surface area contributed by atoms with Gasteiger partial charge in [0.1, 0.15) is 5.54 Å². The lowest BCUT2D eigenvalue weighted by atomic mass is 10.1. The van der Waals surface area contributed by atoms with Crippen molar-refractivity contribution in [3.63, 3.8) is 0 Å². The number of halogens is 3. The van der Waals surface area contributed by atoms with Gasteiger partial charge in [0, 0.05) is 15.8 Å². The molecule has 3 amide bonds. The molecule has 0 unspecified atom stereocenters. The first kappa shape index (κ1) is 20.6. The van der Waals surface area contributed by atoms with Crippen LogP contribution in [0, 0.1) is 0 Å². The second-order valence-electron chi connectivity index (χ2n) is 7.79. The number of rotatable bonds is 4. The van der Waals surface area contributed by atoms with Crippen LogP contribution in [-0.4, -0.2) is 32.9 Å². The Morgan fingerprint density at radius 1 is 1.06 bits per heavy atom. The molecule has 2 aliphatic rings. The van der Waals surface area contributed by atoms with Crippen LogP contribution in [-0.2, 0) is 11.3 Å². The Labute approximate surface area is 185 Å². The molecule has 1 spiro atoms. The highest BCUT2D eigenvalue weighted by Gasteiger charge is 2.65. The van der Waals surface area contributed by atoms with Gasteiger partial charge in [0.15, 0.2) is 0 Å². The van der Waals surface area contributed by atoms with Crippen LogP contribution in [0.5, 0.6) is 0 Å². The van der Waals surface area contributed by atoms with Crippen molar-refractivity contribution in [3.05, 3.63) is 60.3 Å². The number of urea groups is 1. The molecule has 1 saturated carbocycles. The topological polar surface area (TPSA) is 79.5 Å². The highest BCUT2D eigenvalue weighted by molar-refractivity contribution is 8.00. The van der Waals surface area contributed by atoms with Crippen LogP contribution in [0.2, 0.25) is 0 Å². The van der Waals surface area contributed by atoms with Crippen molar-refractivity contribution < 1.29 is 22.8 Å². The van der Waals surface area contributed by atoms with Gasteiger partial charge < -0.3 is 10.6 Å². The molecule has 32 heavy (non-hydrogen) atoms. The number of thioether (sulfide) groups is 1. The highest BCUT2D eigenvalue weighted by atomic mass is 32.2. The summed E-state index contributed by atoms with van der Waals surface area (Å²) in [4.78, 5) is 33.4. The number of nitrogens with zero attached hydrogens (tertiary/aromatic N) is 3. The quantitative estimate of drug-likeness (QED) is 0.443. The molecule has 3 aromatic rings. The summed E-state index contributed by atoms with van der Waals surface area (Å²) < 4.78 is 37.8. The van der Waals surface area contributed by atoms with Crippen molar-refractivity contribution >= 4 is 46.0 Å². The number of alkyl halides is 3. The molecule has 2 aromatic carbocycles. The van der Waals surface area contributed by atoms with Crippen molar-refractivity contribution in [1.82, 2.24) is 9.88 Å². The number of hydrogen-bond donors (Lipinski definition) is 1. The van der Waals surface area contributed by atoms with Crippen molar-refractivity contribution in [1.29, 1.82) is 0 Å². The fraction of sp³-hybridized carbons (Fsp3) is 0.227. The van der Waals surface area contributed by atoms with Crippen molar-refractivity contribution in [3.8, 4) is 0 Å². The molecule has 2 fully saturated rings. The minimum absolute atomic E-state index is 0.0191. The van der Waals surface area contributed by atoms with E-state index in [1.165, 1.54) is 35.4 Å². The summed E-state index contributed by atoms with van der Waals surface area (Å²) in [7, 11) is 0. The molecule has 1 aromatic heterocycles. The molecule has 0 radical (unpaired) electrons. The predicted octanol–water partition coefficient (Wildman–Crippen LogP) is 4.93. The Kier molecular flexibility index (Phi) is 4.59. The largest absolute Gasteiger partial charge is 0.446 e. The Morgan fingerprint density at radius 3 is 2.41 bits per heavy atom. The zero-order chi connectivity index (χ0) is 22.7. The molecule has 1 saturated heterocycles. The van der Waals surface area contributed by atoms with Crippen LogP contribution in [0.3, 0.4) is 0 Å². The van der Waals surface area contributed by atoms with Gasteiger partial charge in [0.05, 0.1) is 29.6 Å². The Balaban J connectivity index is 1.47. The maximum Gasteiger partial charge on any atom is 0.446 e. The van der Waals surface area contributed by atoms with E-state index in [1.54, 1.807) is 0 Å². The molecular weight excluding hydrogens is 441 g/mol. The second-order valence-corrected chi connectivity index (χ2v) is 8.93. The molecule has 2 N–H and O–H groups in total. The van der Waals surface area contributed by atoms with Gasteiger partial charge in [-0.1, -0.05) is 18.2 Å². The van der Waals surface area contributed by atoms with E-state index in [1.807, 2.05) is 24.3 Å². The van der Waals surface area contributed by atoms with Crippen LogP contribution < -0.4 is 10.6 Å². The zero-order valence-electron chi connectivity index (χ0n) is 16.6. The average Bonchev–Trinajstić information content (AvgIpc) is 3.51. The van der Waals surface area contributed by atoms with E-state index in [2.05, 4.69) is 4.98 Å². The fourth-order valence-electron chi connectivity index (χ4n) is 4.11. The molecular formula is C22H17F3N4O2S. The molecule has 0 bridgehead atoms. The van der Waals surface area contributed by atoms with Crippen molar-refractivity contribution in [2.24, 2.45) is 0 Å². The number of aromatic nitrogens is 1. The third kappa shape index (κ3) is 3.35. The van der Waals surface area contributed by atoms with E-state index in [4.69, 9.17) is 5.73 Å².